The highest BCUT2D eigenvalue weighted by atomic mass is 32.2. The van der Waals surface area contributed by atoms with Gasteiger partial charge in [0.2, 0.25) is 10.0 Å². The second-order valence-corrected chi connectivity index (χ2v) is 7.26. The fraction of sp³-hybridized carbons (Fsp3) is 0.533. The van der Waals surface area contributed by atoms with Crippen LogP contribution < -0.4 is 10.6 Å². The van der Waals surface area contributed by atoms with Gasteiger partial charge in [0.15, 0.2) is 5.96 Å². The highest BCUT2D eigenvalue weighted by Gasteiger charge is 2.27. The zero-order valence-corrected chi connectivity index (χ0v) is 13.8. The molecule has 1 aliphatic rings. The van der Waals surface area contributed by atoms with E-state index < -0.39 is 10.0 Å². The Morgan fingerprint density at radius 3 is 2.68 bits per heavy atom. The van der Waals surface area contributed by atoms with E-state index in [4.69, 9.17) is 0 Å². The third-order valence-corrected chi connectivity index (χ3v) is 5.42. The lowest BCUT2D eigenvalue weighted by Crippen LogP contribution is -2.42. The molecule has 1 heterocycles. The predicted octanol–water partition coefficient (Wildman–Crippen LogP) is 0.777. The summed E-state index contributed by atoms with van der Waals surface area (Å²) >= 11 is 0. The molecule has 22 heavy (non-hydrogen) atoms. The molecule has 1 aromatic rings. The van der Waals surface area contributed by atoms with E-state index in [-0.39, 0.29) is 5.75 Å². The summed E-state index contributed by atoms with van der Waals surface area (Å²) in [6, 6.07) is 10.0. The van der Waals surface area contributed by atoms with Crippen molar-refractivity contribution in [1.29, 1.82) is 0 Å². The van der Waals surface area contributed by atoms with Gasteiger partial charge < -0.3 is 10.6 Å². The highest BCUT2D eigenvalue weighted by molar-refractivity contribution is 7.89. The summed E-state index contributed by atoms with van der Waals surface area (Å²) in [6.07, 6.45) is 0.727. The van der Waals surface area contributed by atoms with E-state index in [0.717, 1.165) is 18.5 Å². The van der Waals surface area contributed by atoms with Gasteiger partial charge >= 0.3 is 0 Å². The van der Waals surface area contributed by atoms with Gasteiger partial charge in [-0.3, -0.25) is 0 Å². The van der Waals surface area contributed by atoms with Crippen LogP contribution in [0.15, 0.2) is 35.3 Å². The summed E-state index contributed by atoms with van der Waals surface area (Å²) in [6.45, 7) is 5.03. The van der Waals surface area contributed by atoms with E-state index in [0.29, 0.717) is 32.1 Å². The fourth-order valence-electron chi connectivity index (χ4n) is 2.34. The molecular formula is C15H24N4O2S. The number of rotatable bonds is 6. The molecule has 2 N–H and O–H groups in total. The summed E-state index contributed by atoms with van der Waals surface area (Å²) in [4.78, 5) is 4.51. The first-order chi connectivity index (χ1) is 10.6. The van der Waals surface area contributed by atoms with E-state index in [9.17, 15) is 8.42 Å². The molecule has 1 aliphatic heterocycles. The first-order valence-electron chi connectivity index (χ1n) is 7.66. The van der Waals surface area contributed by atoms with Crippen LogP contribution in [0.25, 0.3) is 0 Å². The van der Waals surface area contributed by atoms with Crippen LogP contribution in [0.5, 0.6) is 0 Å². The molecule has 0 amide bonds. The van der Waals surface area contributed by atoms with Crippen LogP contribution in [0.3, 0.4) is 0 Å². The molecule has 1 fully saturated rings. The Balaban J connectivity index is 1.83. The number of guanidine groups is 1. The summed E-state index contributed by atoms with van der Waals surface area (Å²) < 4.78 is 25.0. The van der Waals surface area contributed by atoms with E-state index in [1.807, 2.05) is 37.3 Å². The van der Waals surface area contributed by atoms with Crippen molar-refractivity contribution in [3.05, 3.63) is 35.9 Å². The summed E-state index contributed by atoms with van der Waals surface area (Å²) in [7, 11) is -3.02. The van der Waals surface area contributed by atoms with Gasteiger partial charge in [-0.1, -0.05) is 30.3 Å². The Morgan fingerprint density at radius 1 is 1.27 bits per heavy atom. The first kappa shape index (κ1) is 16.8. The number of nitrogens with one attached hydrogen (secondary N) is 2. The van der Waals surface area contributed by atoms with E-state index in [1.165, 1.54) is 0 Å². The SMILES string of the molecule is CCNC(=NCc1ccccc1)NCCN1CCCS1(=O)=O. The quantitative estimate of drug-likeness (QED) is 0.599. The van der Waals surface area contributed by atoms with Gasteiger partial charge in [-0.2, -0.15) is 0 Å². The second kappa shape index (κ2) is 8.14. The lowest BCUT2D eigenvalue weighted by Gasteiger charge is -2.16. The Hall–Kier alpha value is -1.60. The average molecular weight is 324 g/mol. The smallest absolute Gasteiger partial charge is 0.214 e. The Bertz CT molecular complexity index is 587. The van der Waals surface area contributed by atoms with Gasteiger partial charge in [0.05, 0.1) is 12.3 Å². The summed E-state index contributed by atoms with van der Waals surface area (Å²) in [5, 5.41) is 6.36. The predicted molar refractivity (Wildman–Crippen MR) is 89.2 cm³/mol. The Kier molecular flexibility index (Phi) is 6.21. The van der Waals surface area contributed by atoms with Crippen LogP contribution in [0.1, 0.15) is 18.9 Å². The van der Waals surface area contributed by atoms with Crippen LogP contribution in [0.4, 0.5) is 0 Å². The van der Waals surface area contributed by atoms with Crippen molar-refractivity contribution in [3.8, 4) is 0 Å². The minimum absolute atomic E-state index is 0.273. The van der Waals surface area contributed by atoms with E-state index >= 15 is 0 Å². The van der Waals surface area contributed by atoms with Gasteiger partial charge in [0.25, 0.3) is 0 Å². The average Bonchev–Trinajstić information content (AvgIpc) is 2.85. The molecule has 0 aliphatic carbocycles. The Morgan fingerprint density at radius 2 is 2.05 bits per heavy atom. The number of hydrogen-bond acceptors (Lipinski definition) is 3. The summed E-state index contributed by atoms with van der Waals surface area (Å²) in [5.41, 5.74) is 1.14. The van der Waals surface area contributed by atoms with Crippen molar-refractivity contribution in [3.63, 3.8) is 0 Å². The minimum Gasteiger partial charge on any atom is -0.357 e. The van der Waals surface area contributed by atoms with E-state index in [1.54, 1.807) is 4.31 Å². The normalized spacial score (nSPS) is 18.3. The molecule has 7 heteroatoms. The van der Waals surface area contributed by atoms with E-state index in [2.05, 4.69) is 15.6 Å². The highest BCUT2D eigenvalue weighted by Crippen LogP contribution is 2.11. The van der Waals surface area contributed by atoms with Gasteiger partial charge in [0.1, 0.15) is 0 Å². The zero-order chi connectivity index (χ0) is 15.8. The third kappa shape index (κ3) is 4.99. The number of benzene rings is 1. The van der Waals surface area contributed by atoms with Crippen LogP contribution in [0.2, 0.25) is 0 Å². The van der Waals surface area contributed by atoms with Crippen LogP contribution >= 0.6 is 0 Å². The molecule has 0 radical (unpaired) electrons. The van der Waals surface area contributed by atoms with Crippen molar-refractivity contribution in [2.75, 3.05) is 31.9 Å². The van der Waals surface area contributed by atoms with Crippen LogP contribution in [0, 0.1) is 0 Å². The molecule has 0 unspecified atom stereocenters. The molecular weight excluding hydrogens is 300 g/mol. The fourth-order valence-corrected chi connectivity index (χ4v) is 3.87. The maximum atomic E-state index is 11.7. The van der Waals surface area contributed by atoms with Gasteiger partial charge in [-0.05, 0) is 18.9 Å². The van der Waals surface area contributed by atoms with Crippen LogP contribution in [-0.4, -0.2) is 50.6 Å². The van der Waals surface area contributed by atoms with Crippen LogP contribution in [-0.2, 0) is 16.6 Å². The van der Waals surface area contributed by atoms with Crippen molar-refractivity contribution in [1.82, 2.24) is 14.9 Å². The van der Waals surface area contributed by atoms with Gasteiger partial charge in [-0.25, -0.2) is 17.7 Å². The second-order valence-electron chi connectivity index (χ2n) is 5.18. The lowest BCUT2D eigenvalue weighted by atomic mass is 10.2. The number of hydrogen-bond donors (Lipinski definition) is 2. The monoisotopic (exact) mass is 324 g/mol. The molecule has 1 aromatic carbocycles. The maximum absolute atomic E-state index is 11.7. The molecule has 122 valence electrons. The van der Waals surface area contributed by atoms with Crippen molar-refractivity contribution in [2.45, 2.75) is 19.9 Å². The number of nitrogens with zero attached hydrogens (tertiary/aromatic N) is 2. The zero-order valence-electron chi connectivity index (χ0n) is 13.0. The van der Waals surface area contributed by atoms with Gasteiger partial charge in [-0.15, -0.1) is 0 Å². The first-order valence-corrected chi connectivity index (χ1v) is 9.26. The summed E-state index contributed by atoms with van der Waals surface area (Å²) in [5.74, 6) is 0.984. The standard InChI is InChI=1S/C15H24N4O2S/c1-2-16-15(18-13-14-7-4-3-5-8-14)17-9-11-19-10-6-12-22(19,20)21/h3-5,7-8H,2,6,9-13H2,1H3,(H2,16,17,18). The Labute approximate surface area is 132 Å². The molecule has 0 aromatic heterocycles. The maximum Gasteiger partial charge on any atom is 0.214 e. The topological polar surface area (TPSA) is 73.8 Å². The molecule has 0 atom stereocenters. The number of sulfonamides is 1. The van der Waals surface area contributed by atoms with Crippen molar-refractivity contribution < 1.29 is 8.42 Å². The molecule has 6 nitrogen and oxygen atoms in total. The molecule has 0 spiro atoms. The lowest BCUT2D eigenvalue weighted by molar-refractivity contribution is 0.445. The van der Waals surface area contributed by atoms with Crippen molar-refractivity contribution in [2.24, 2.45) is 4.99 Å². The number of aliphatic imine (C=N–C) groups is 1. The largest absolute Gasteiger partial charge is 0.357 e. The van der Waals surface area contributed by atoms with Gasteiger partial charge in [0, 0.05) is 26.2 Å². The minimum atomic E-state index is -3.02. The third-order valence-electron chi connectivity index (χ3n) is 3.46. The molecule has 1 saturated heterocycles. The van der Waals surface area contributed by atoms with Crippen molar-refractivity contribution >= 4 is 16.0 Å². The molecule has 2 rings (SSSR count). The molecule has 0 bridgehead atoms. The molecule has 0 saturated carbocycles.